The fourth-order valence-corrected chi connectivity index (χ4v) is 2.01. The van der Waals surface area contributed by atoms with E-state index in [1.54, 1.807) is 0 Å². The predicted molar refractivity (Wildman–Crippen MR) is 75.8 cm³/mol. The zero-order valence-electron chi connectivity index (χ0n) is 11.1. The van der Waals surface area contributed by atoms with Crippen LogP contribution in [0.25, 0.3) is 11.4 Å². The van der Waals surface area contributed by atoms with Crippen molar-refractivity contribution in [1.82, 2.24) is 9.97 Å². The fraction of sp³-hybridized carbons (Fsp3) is 0.267. The third-order valence-electron chi connectivity index (χ3n) is 3.26. The summed E-state index contributed by atoms with van der Waals surface area (Å²) < 4.78 is 0. The number of aryl methyl sites for hydroxylation is 1. The zero-order chi connectivity index (χ0) is 14.1. The first-order valence-electron chi connectivity index (χ1n) is 6.58. The first kappa shape index (κ1) is 12.6. The molecule has 0 radical (unpaired) electrons. The molecule has 1 aliphatic carbocycles. The number of carbonyl (C=O) groups is 1. The Morgan fingerprint density at radius 1 is 1.30 bits per heavy atom. The molecular formula is C15H15N3O2. The van der Waals surface area contributed by atoms with Crippen molar-refractivity contribution in [1.29, 1.82) is 0 Å². The summed E-state index contributed by atoms with van der Waals surface area (Å²) in [6.07, 6.45) is 2.21. The van der Waals surface area contributed by atoms with Crippen molar-refractivity contribution in [2.24, 2.45) is 0 Å². The van der Waals surface area contributed by atoms with Gasteiger partial charge in [-0.25, -0.2) is 14.8 Å². The van der Waals surface area contributed by atoms with Gasteiger partial charge in [0, 0.05) is 17.7 Å². The van der Waals surface area contributed by atoms with Gasteiger partial charge in [-0.1, -0.05) is 24.3 Å². The molecule has 1 aromatic carbocycles. The third-order valence-corrected chi connectivity index (χ3v) is 3.26. The van der Waals surface area contributed by atoms with E-state index >= 15 is 0 Å². The van der Waals surface area contributed by atoms with Gasteiger partial charge in [-0.3, -0.25) is 0 Å². The van der Waals surface area contributed by atoms with E-state index in [0.717, 1.165) is 24.0 Å². The summed E-state index contributed by atoms with van der Waals surface area (Å²) in [5.74, 6) is -0.00890. The molecule has 2 aromatic rings. The highest BCUT2D eigenvalue weighted by atomic mass is 16.4. The van der Waals surface area contributed by atoms with Crippen molar-refractivity contribution in [2.75, 3.05) is 5.32 Å². The number of carboxylic acids is 1. The van der Waals surface area contributed by atoms with Crippen LogP contribution in [-0.4, -0.2) is 27.1 Å². The van der Waals surface area contributed by atoms with Crippen LogP contribution >= 0.6 is 0 Å². The number of nitrogens with one attached hydrogen (secondary N) is 1. The van der Waals surface area contributed by atoms with Gasteiger partial charge < -0.3 is 10.4 Å². The lowest BCUT2D eigenvalue weighted by Gasteiger charge is -2.09. The Kier molecular flexibility index (Phi) is 3.10. The molecular weight excluding hydrogens is 254 g/mol. The largest absolute Gasteiger partial charge is 0.477 e. The standard InChI is InChI=1S/C15H15N3O2/c1-9-4-2-3-5-11(9)14-17-12(15(19)20)8-13(18-14)16-10-6-7-10/h2-5,8,10H,6-7H2,1H3,(H,19,20)(H,16,17,18). The van der Waals surface area contributed by atoms with Gasteiger partial charge in [0.2, 0.25) is 0 Å². The number of nitrogens with zero attached hydrogens (tertiary/aromatic N) is 2. The summed E-state index contributed by atoms with van der Waals surface area (Å²) >= 11 is 0. The maximum Gasteiger partial charge on any atom is 0.354 e. The van der Waals surface area contributed by atoms with Crippen molar-refractivity contribution in [3.8, 4) is 11.4 Å². The van der Waals surface area contributed by atoms with Gasteiger partial charge in [-0.2, -0.15) is 0 Å². The molecule has 0 amide bonds. The highest BCUT2D eigenvalue weighted by molar-refractivity contribution is 5.87. The SMILES string of the molecule is Cc1ccccc1-c1nc(NC2CC2)cc(C(=O)O)n1. The van der Waals surface area contributed by atoms with Crippen molar-refractivity contribution in [3.63, 3.8) is 0 Å². The van der Waals surface area contributed by atoms with Gasteiger partial charge in [0.25, 0.3) is 0 Å². The van der Waals surface area contributed by atoms with Gasteiger partial charge in [0.15, 0.2) is 11.5 Å². The van der Waals surface area contributed by atoms with Crippen LogP contribution in [0.4, 0.5) is 5.82 Å². The van der Waals surface area contributed by atoms with Crippen LogP contribution in [0.2, 0.25) is 0 Å². The summed E-state index contributed by atoms with van der Waals surface area (Å²) in [6, 6.07) is 9.59. The Bertz CT molecular complexity index is 666. The molecule has 3 rings (SSSR count). The number of anilines is 1. The predicted octanol–water partition coefficient (Wildman–Crippen LogP) is 2.72. The van der Waals surface area contributed by atoms with E-state index in [-0.39, 0.29) is 5.69 Å². The highest BCUT2D eigenvalue weighted by Gasteiger charge is 2.22. The second-order valence-electron chi connectivity index (χ2n) is 5.00. The lowest BCUT2D eigenvalue weighted by Crippen LogP contribution is -2.09. The molecule has 102 valence electrons. The van der Waals surface area contributed by atoms with Crippen LogP contribution < -0.4 is 5.32 Å². The summed E-state index contributed by atoms with van der Waals surface area (Å²) in [5, 5.41) is 12.4. The molecule has 1 aliphatic rings. The number of benzene rings is 1. The Hall–Kier alpha value is -2.43. The topological polar surface area (TPSA) is 75.1 Å². The summed E-state index contributed by atoms with van der Waals surface area (Å²) in [6.45, 7) is 1.96. The molecule has 5 heteroatoms. The van der Waals surface area contributed by atoms with E-state index < -0.39 is 5.97 Å². The first-order valence-corrected chi connectivity index (χ1v) is 6.58. The second-order valence-corrected chi connectivity index (χ2v) is 5.00. The lowest BCUT2D eigenvalue weighted by molar-refractivity contribution is 0.0690. The van der Waals surface area contributed by atoms with Crippen molar-refractivity contribution < 1.29 is 9.90 Å². The molecule has 1 heterocycles. The van der Waals surface area contributed by atoms with E-state index in [0.29, 0.717) is 17.7 Å². The molecule has 0 saturated heterocycles. The quantitative estimate of drug-likeness (QED) is 0.892. The zero-order valence-corrected chi connectivity index (χ0v) is 11.1. The molecule has 0 bridgehead atoms. The molecule has 5 nitrogen and oxygen atoms in total. The number of hydrogen-bond acceptors (Lipinski definition) is 4. The second kappa shape index (κ2) is 4.92. The fourth-order valence-electron chi connectivity index (χ4n) is 2.01. The molecule has 1 saturated carbocycles. The summed E-state index contributed by atoms with van der Waals surface area (Å²) in [4.78, 5) is 19.8. The Morgan fingerprint density at radius 2 is 2.05 bits per heavy atom. The molecule has 20 heavy (non-hydrogen) atoms. The van der Waals surface area contributed by atoms with Crippen molar-refractivity contribution in [3.05, 3.63) is 41.6 Å². The van der Waals surface area contributed by atoms with Crippen LogP contribution in [0, 0.1) is 6.92 Å². The van der Waals surface area contributed by atoms with E-state index in [1.165, 1.54) is 6.07 Å². The van der Waals surface area contributed by atoms with Crippen LogP contribution in [-0.2, 0) is 0 Å². The van der Waals surface area contributed by atoms with Gasteiger partial charge in [-0.15, -0.1) is 0 Å². The Morgan fingerprint density at radius 3 is 2.70 bits per heavy atom. The molecule has 2 N–H and O–H groups in total. The minimum Gasteiger partial charge on any atom is -0.477 e. The van der Waals surface area contributed by atoms with Crippen LogP contribution in [0.15, 0.2) is 30.3 Å². The number of aromatic carboxylic acids is 1. The van der Waals surface area contributed by atoms with E-state index in [1.807, 2.05) is 31.2 Å². The Labute approximate surface area is 116 Å². The van der Waals surface area contributed by atoms with Crippen LogP contribution in [0.3, 0.4) is 0 Å². The first-order chi connectivity index (χ1) is 9.63. The number of aromatic nitrogens is 2. The maximum absolute atomic E-state index is 11.2. The molecule has 0 unspecified atom stereocenters. The van der Waals surface area contributed by atoms with Gasteiger partial charge >= 0.3 is 5.97 Å². The van der Waals surface area contributed by atoms with Gasteiger partial charge in [0.1, 0.15) is 5.82 Å². The molecule has 1 aromatic heterocycles. The van der Waals surface area contributed by atoms with Crippen molar-refractivity contribution in [2.45, 2.75) is 25.8 Å². The maximum atomic E-state index is 11.2. The molecule has 1 fully saturated rings. The minimum atomic E-state index is -1.04. The van der Waals surface area contributed by atoms with Gasteiger partial charge in [-0.05, 0) is 25.3 Å². The number of hydrogen-bond donors (Lipinski definition) is 2. The van der Waals surface area contributed by atoms with Gasteiger partial charge in [0.05, 0.1) is 0 Å². The summed E-state index contributed by atoms with van der Waals surface area (Å²) in [7, 11) is 0. The van der Waals surface area contributed by atoms with E-state index in [4.69, 9.17) is 0 Å². The number of rotatable bonds is 4. The minimum absolute atomic E-state index is 0.0152. The monoisotopic (exact) mass is 269 g/mol. The third kappa shape index (κ3) is 2.61. The van der Waals surface area contributed by atoms with E-state index in [2.05, 4.69) is 15.3 Å². The Balaban J connectivity index is 2.06. The average Bonchev–Trinajstić information content (AvgIpc) is 3.22. The lowest BCUT2D eigenvalue weighted by atomic mass is 10.1. The van der Waals surface area contributed by atoms with E-state index in [9.17, 15) is 9.90 Å². The molecule has 0 aliphatic heterocycles. The molecule has 0 spiro atoms. The normalized spacial score (nSPS) is 14.1. The van der Waals surface area contributed by atoms with Crippen LogP contribution in [0.5, 0.6) is 0 Å². The number of carboxylic acid groups (broad SMARTS) is 1. The highest BCUT2D eigenvalue weighted by Crippen LogP contribution is 2.26. The summed E-state index contributed by atoms with van der Waals surface area (Å²) in [5.41, 5.74) is 1.89. The van der Waals surface area contributed by atoms with Crippen LogP contribution in [0.1, 0.15) is 28.9 Å². The van der Waals surface area contributed by atoms with Crippen molar-refractivity contribution >= 4 is 11.8 Å². The average molecular weight is 269 g/mol. The smallest absolute Gasteiger partial charge is 0.354 e. The molecule has 0 atom stereocenters.